The van der Waals surface area contributed by atoms with Gasteiger partial charge in [0.2, 0.25) is 0 Å². The molecule has 3 heteroatoms. The van der Waals surface area contributed by atoms with Gasteiger partial charge in [0.05, 0.1) is 7.11 Å². The van der Waals surface area contributed by atoms with E-state index in [0.717, 1.165) is 18.5 Å². The first kappa shape index (κ1) is 14.5. The van der Waals surface area contributed by atoms with Gasteiger partial charge in [-0.2, -0.15) is 0 Å². The van der Waals surface area contributed by atoms with Crippen LogP contribution in [0.4, 0.5) is 4.39 Å². The Hall–Kier alpha value is -1.87. The van der Waals surface area contributed by atoms with Gasteiger partial charge >= 0.3 is 0 Å². The fourth-order valence-corrected chi connectivity index (χ4v) is 2.06. The maximum Gasteiger partial charge on any atom is 0.165 e. The minimum Gasteiger partial charge on any atom is -0.494 e. The summed E-state index contributed by atoms with van der Waals surface area (Å²) in [5.41, 5.74) is 3.48. The highest BCUT2D eigenvalue weighted by atomic mass is 19.1. The van der Waals surface area contributed by atoms with Crippen molar-refractivity contribution < 1.29 is 9.13 Å². The van der Waals surface area contributed by atoms with Gasteiger partial charge in [0.1, 0.15) is 0 Å². The number of halogens is 1. The molecule has 0 aromatic heterocycles. The van der Waals surface area contributed by atoms with Crippen molar-refractivity contribution in [2.75, 3.05) is 7.11 Å². The fourth-order valence-electron chi connectivity index (χ4n) is 2.06. The van der Waals surface area contributed by atoms with Crippen LogP contribution in [0.3, 0.4) is 0 Å². The molecule has 2 aromatic carbocycles. The van der Waals surface area contributed by atoms with Gasteiger partial charge in [0.15, 0.2) is 11.6 Å². The minimum atomic E-state index is -0.320. The Bertz CT molecular complexity index is 551. The van der Waals surface area contributed by atoms with Gasteiger partial charge in [-0.25, -0.2) is 4.39 Å². The second-order valence-corrected chi connectivity index (χ2v) is 4.74. The minimum absolute atomic E-state index is 0.281. The molecule has 106 valence electrons. The van der Waals surface area contributed by atoms with Crippen molar-refractivity contribution >= 4 is 0 Å². The molecule has 0 heterocycles. The predicted molar refractivity (Wildman–Crippen MR) is 79.3 cm³/mol. The Morgan fingerprint density at radius 2 is 1.55 bits per heavy atom. The van der Waals surface area contributed by atoms with Crippen LogP contribution < -0.4 is 10.1 Å². The average molecular weight is 273 g/mol. The number of rotatable bonds is 6. The average Bonchev–Trinajstić information content (AvgIpc) is 2.48. The first-order valence-corrected chi connectivity index (χ1v) is 6.84. The summed E-state index contributed by atoms with van der Waals surface area (Å²) >= 11 is 0. The molecule has 0 bridgehead atoms. The molecule has 0 amide bonds. The molecule has 0 saturated heterocycles. The van der Waals surface area contributed by atoms with Gasteiger partial charge < -0.3 is 10.1 Å². The fraction of sp³-hybridized carbons (Fsp3) is 0.294. The third kappa shape index (κ3) is 3.81. The molecule has 0 aliphatic heterocycles. The second-order valence-electron chi connectivity index (χ2n) is 4.74. The maximum atomic E-state index is 13.5. The van der Waals surface area contributed by atoms with Crippen molar-refractivity contribution in [1.82, 2.24) is 5.32 Å². The molecule has 0 unspecified atom stereocenters. The van der Waals surface area contributed by atoms with E-state index >= 15 is 0 Å². The summed E-state index contributed by atoms with van der Waals surface area (Å²) in [6, 6.07) is 13.6. The second kappa shape index (κ2) is 7.06. The highest BCUT2D eigenvalue weighted by molar-refractivity contribution is 5.29. The van der Waals surface area contributed by atoms with E-state index in [-0.39, 0.29) is 11.6 Å². The summed E-state index contributed by atoms with van der Waals surface area (Å²) in [5.74, 6) is -0.0389. The van der Waals surface area contributed by atoms with E-state index in [1.165, 1.54) is 24.3 Å². The van der Waals surface area contributed by atoms with Crippen molar-refractivity contribution in [3.05, 3.63) is 65.0 Å². The summed E-state index contributed by atoms with van der Waals surface area (Å²) in [6.07, 6.45) is 1.05. The SMILES string of the molecule is CCc1ccc(CNCc2ccc(OC)c(F)c2)cc1. The zero-order valence-corrected chi connectivity index (χ0v) is 11.9. The highest BCUT2D eigenvalue weighted by Gasteiger charge is 2.03. The first-order chi connectivity index (χ1) is 9.72. The lowest BCUT2D eigenvalue weighted by Crippen LogP contribution is -2.12. The van der Waals surface area contributed by atoms with E-state index in [9.17, 15) is 4.39 Å². The van der Waals surface area contributed by atoms with Gasteiger partial charge in [0.25, 0.3) is 0 Å². The number of benzene rings is 2. The van der Waals surface area contributed by atoms with Gasteiger partial charge in [0, 0.05) is 13.1 Å². The number of aryl methyl sites for hydroxylation is 1. The molecule has 0 radical (unpaired) electrons. The Morgan fingerprint density at radius 3 is 2.15 bits per heavy atom. The Morgan fingerprint density at radius 1 is 0.950 bits per heavy atom. The summed E-state index contributed by atoms with van der Waals surface area (Å²) in [6.45, 7) is 3.56. The maximum absolute atomic E-state index is 13.5. The molecule has 2 rings (SSSR count). The Balaban J connectivity index is 1.87. The van der Waals surface area contributed by atoms with E-state index < -0.39 is 0 Å². The molecule has 2 aromatic rings. The van der Waals surface area contributed by atoms with Crippen LogP contribution in [0.1, 0.15) is 23.6 Å². The van der Waals surface area contributed by atoms with E-state index in [1.807, 2.05) is 6.07 Å². The van der Waals surface area contributed by atoms with Crippen LogP contribution in [-0.4, -0.2) is 7.11 Å². The largest absolute Gasteiger partial charge is 0.494 e. The molecule has 20 heavy (non-hydrogen) atoms. The molecule has 0 aliphatic rings. The first-order valence-electron chi connectivity index (χ1n) is 6.84. The van der Waals surface area contributed by atoms with Crippen LogP contribution in [0.15, 0.2) is 42.5 Å². The van der Waals surface area contributed by atoms with Crippen molar-refractivity contribution in [3.8, 4) is 5.75 Å². The van der Waals surface area contributed by atoms with Gasteiger partial charge in [-0.05, 0) is 35.2 Å². The number of methoxy groups -OCH3 is 1. The van der Waals surface area contributed by atoms with Crippen LogP contribution in [0, 0.1) is 5.82 Å². The Labute approximate surface area is 119 Å². The monoisotopic (exact) mass is 273 g/mol. The van der Waals surface area contributed by atoms with Crippen LogP contribution in [0.5, 0.6) is 5.75 Å². The lowest BCUT2D eigenvalue weighted by molar-refractivity contribution is 0.386. The van der Waals surface area contributed by atoms with Crippen LogP contribution in [-0.2, 0) is 19.5 Å². The summed E-state index contributed by atoms with van der Waals surface area (Å²) in [4.78, 5) is 0. The molecule has 0 spiro atoms. The Kier molecular flexibility index (Phi) is 5.13. The van der Waals surface area contributed by atoms with E-state index in [0.29, 0.717) is 6.54 Å². The molecule has 0 fully saturated rings. The third-order valence-electron chi connectivity index (χ3n) is 3.31. The smallest absolute Gasteiger partial charge is 0.165 e. The number of hydrogen-bond acceptors (Lipinski definition) is 2. The molecule has 0 aliphatic carbocycles. The van der Waals surface area contributed by atoms with E-state index in [4.69, 9.17) is 4.74 Å². The summed E-state index contributed by atoms with van der Waals surface area (Å²) in [5, 5.41) is 3.31. The molecule has 2 nitrogen and oxygen atoms in total. The van der Waals surface area contributed by atoms with Crippen LogP contribution >= 0.6 is 0 Å². The highest BCUT2D eigenvalue weighted by Crippen LogP contribution is 2.17. The van der Waals surface area contributed by atoms with Gasteiger partial charge in [-0.15, -0.1) is 0 Å². The van der Waals surface area contributed by atoms with Crippen LogP contribution in [0.25, 0.3) is 0 Å². The zero-order chi connectivity index (χ0) is 14.4. The van der Waals surface area contributed by atoms with Gasteiger partial charge in [-0.1, -0.05) is 37.3 Å². The van der Waals surface area contributed by atoms with Crippen molar-refractivity contribution in [1.29, 1.82) is 0 Å². The molecule has 1 N–H and O–H groups in total. The van der Waals surface area contributed by atoms with E-state index in [1.54, 1.807) is 6.07 Å². The van der Waals surface area contributed by atoms with Crippen LogP contribution in [0.2, 0.25) is 0 Å². The number of ether oxygens (including phenoxy) is 1. The number of hydrogen-bond donors (Lipinski definition) is 1. The molecular formula is C17H20FNO. The van der Waals surface area contributed by atoms with Gasteiger partial charge in [-0.3, -0.25) is 0 Å². The molecular weight excluding hydrogens is 253 g/mol. The molecule has 0 saturated carbocycles. The third-order valence-corrected chi connectivity index (χ3v) is 3.31. The topological polar surface area (TPSA) is 21.3 Å². The normalized spacial score (nSPS) is 10.6. The van der Waals surface area contributed by atoms with Crippen molar-refractivity contribution in [3.63, 3.8) is 0 Å². The summed E-state index contributed by atoms with van der Waals surface area (Å²) < 4.78 is 18.4. The number of nitrogens with one attached hydrogen (secondary N) is 1. The predicted octanol–water partition coefficient (Wildman–Crippen LogP) is 3.69. The van der Waals surface area contributed by atoms with Crippen molar-refractivity contribution in [2.45, 2.75) is 26.4 Å². The summed E-state index contributed by atoms with van der Waals surface area (Å²) in [7, 11) is 1.47. The zero-order valence-electron chi connectivity index (χ0n) is 11.9. The van der Waals surface area contributed by atoms with E-state index in [2.05, 4.69) is 36.5 Å². The quantitative estimate of drug-likeness (QED) is 0.866. The lowest BCUT2D eigenvalue weighted by Gasteiger charge is -2.08. The molecule has 0 atom stereocenters. The lowest BCUT2D eigenvalue weighted by atomic mass is 10.1. The van der Waals surface area contributed by atoms with Crippen molar-refractivity contribution in [2.24, 2.45) is 0 Å². The standard InChI is InChI=1S/C17H20FNO/c1-3-13-4-6-14(7-5-13)11-19-12-15-8-9-17(20-2)16(18)10-15/h4-10,19H,3,11-12H2,1-2H3.